The van der Waals surface area contributed by atoms with E-state index in [9.17, 15) is 5.11 Å². The molecule has 3 aromatic rings. The highest BCUT2D eigenvalue weighted by Gasteiger charge is 2.14. The van der Waals surface area contributed by atoms with Crippen molar-refractivity contribution in [3.63, 3.8) is 0 Å². The molecule has 110 valence electrons. The molecule has 0 fully saturated rings. The summed E-state index contributed by atoms with van der Waals surface area (Å²) in [5.74, 6) is 0.810. The van der Waals surface area contributed by atoms with Crippen LogP contribution < -0.4 is 4.74 Å². The second kappa shape index (κ2) is 5.71. The van der Waals surface area contributed by atoms with Gasteiger partial charge in [-0.1, -0.05) is 0 Å². The number of fused-ring (bicyclic) bond motifs is 3. The van der Waals surface area contributed by atoms with Gasteiger partial charge in [0.25, 0.3) is 0 Å². The number of ether oxygens (including phenoxy) is 2. The van der Waals surface area contributed by atoms with Gasteiger partial charge < -0.3 is 19.6 Å². The molecule has 21 heavy (non-hydrogen) atoms. The standard InChI is InChI=1S/C16H18N2O3/c1-3-21-16(9-19)14-7-12-11-6-10(20-2)4-5-13(11)18-15(12)8-17-14/h4-8,16,18-19H,3,9H2,1-2H3. The number of aromatic nitrogens is 2. The van der Waals surface area contributed by atoms with Crippen LogP contribution in [0.15, 0.2) is 30.5 Å². The van der Waals surface area contributed by atoms with E-state index in [0.29, 0.717) is 6.61 Å². The SMILES string of the molecule is CCOC(CO)c1cc2c(cn1)[nH]c1ccc(OC)cc12. The monoisotopic (exact) mass is 286 g/mol. The fourth-order valence-electron chi connectivity index (χ4n) is 2.53. The first kappa shape index (κ1) is 13.9. The smallest absolute Gasteiger partial charge is 0.122 e. The number of nitrogens with one attached hydrogen (secondary N) is 1. The molecular weight excluding hydrogens is 268 g/mol. The summed E-state index contributed by atoms with van der Waals surface area (Å²) in [5, 5.41) is 11.6. The number of H-pyrrole nitrogens is 1. The summed E-state index contributed by atoms with van der Waals surface area (Å²) in [4.78, 5) is 7.71. The molecule has 2 aromatic heterocycles. The topological polar surface area (TPSA) is 67.4 Å². The Morgan fingerprint density at radius 1 is 1.24 bits per heavy atom. The number of methoxy groups -OCH3 is 1. The van der Waals surface area contributed by atoms with Crippen LogP contribution in [0.4, 0.5) is 0 Å². The average molecular weight is 286 g/mol. The Balaban J connectivity index is 2.16. The molecule has 0 saturated heterocycles. The molecule has 5 heteroatoms. The predicted molar refractivity (Wildman–Crippen MR) is 81.6 cm³/mol. The number of pyridine rings is 1. The fourth-order valence-corrected chi connectivity index (χ4v) is 2.53. The van der Waals surface area contributed by atoms with Gasteiger partial charge in [0, 0.05) is 22.9 Å². The van der Waals surface area contributed by atoms with Gasteiger partial charge in [0.15, 0.2) is 0 Å². The first-order valence-corrected chi connectivity index (χ1v) is 6.94. The van der Waals surface area contributed by atoms with Crippen molar-refractivity contribution >= 4 is 21.8 Å². The van der Waals surface area contributed by atoms with E-state index in [-0.39, 0.29) is 6.61 Å². The van der Waals surface area contributed by atoms with Crippen LogP contribution in [-0.2, 0) is 4.74 Å². The summed E-state index contributed by atoms with van der Waals surface area (Å²) in [6.45, 7) is 2.35. The highest BCUT2D eigenvalue weighted by molar-refractivity contribution is 6.07. The van der Waals surface area contributed by atoms with Crippen molar-refractivity contribution in [2.75, 3.05) is 20.3 Å². The molecule has 1 atom stereocenters. The molecule has 0 aliphatic rings. The summed E-state index contributed by atoms with van der Waals surface area (Å²) >= 11 is 0. The van der Waals surface area contributed by atoms with Crippen LogP contribution in [0.2, 0.25) is 0 Å². The molecule has 0 amide bonds. The Kier molecular flexibility index (Phi) is 3.77. The number of aliphatic hydroxyl groups excluding tert-OH is 1. The van der Waals surface area contributed by atoms with Gasteiger partial charge in [-0.25, -0.2) is 0 Å². The molecule has 1 unspecified atom stereocenters. The highest BCUT2D eigenvalue weighted by Crippen LogP contribution is 2.30. The van der Waals surface area contributed by atoms with Crippen LogP contribution in [0.25, 0.3) is 21.8 Å². The fraction of sp³-hybridized carbons (Fsp3) is 0.312. The van der Waals surface area contributed by atoms with E-state index in [0.717, 1.165) is 33.2 Å². The van der Waals surface area contributed by atoms with Crippen molar-refractivity contribution in [3.8, 4) is 5.75 Å². The molecule has 2 heterocycles. The first-order chi connectivity index (χ1) is 10.3. The molecule has 5 nitrogen and oxygen atoms in total. The summed E-state index contributed by atoms with van der Waals surface area (Å²) in [5.41, 5.74) is 2.72. The third-order valence-corrected chi connectivity index (χ3v) is 3.57. The molecule has 0 radical (unpaired) electrons. The van der Waals surface area contributed by atoms with Crippen LogP contribution in [0, 0.1) is 0 Å². The molecule has 3 rings (SSSR count). The zero-order valence-corrected chi connectivity index (χ0v) is 12.1. The van der Waals surface area contributed by atoms with Crippen LogP contribution in [-0.4, -0.2) is 35.4 Å². The van der Waals surface area contributed by atoms with E-state index in [1.54, 1.807) is 13.3 Å². The van der Waals surface area contributed by atoms with E-state index in [1.165, 1.54) is 0 Å². The summed E-state index contributed by atoms with van der Waals surface area (Å²) in [7, 11) is 1.65. The van der Waals surface area contributed by atoms with Crippen molar-refractivity contribution < 1.29 is 14.6 Å². The lowest BCUT2D eigenvalue weighted by molar-refractivity contribution is 0.0164. The number of benzene rings is 1. The highest BCUT2D eigenvalue weighted by atomic mass is 16.5. The Morgan fingerprint density at radius 3 is 2.76 bits per heavy atom. The largest absolute Gasteiger partial charge is 0.497 e. The molecule has 0 bridgehead atoms. The van der Waals surface area contributed by atoms with E-state index in [1.807, 2.05) is 31.2 Å². The zero-order chi connectivity index (χ0) is 14.8. The first-order valence-electron chi connectivity index (χ1n) is 6.94. The Hall–Kier alpha value is -2.11. The minimum absolute atomic E-state index is 0.0853. The van der Waals surface area contributed by atoms with E-state index in [4.69, 9.17) is 9.47 Å². The average Bonchev–Trinajstić information content (AvgIpc) is 2.89. The minimum Gasteiger partial charge on any atom is -0.497 e. The van der Waals surface area contributed by atoms with Crippen LogP contribution in [0.5, 0.6) is 5.75 Å². The van der Waals surface area contributed by atoms with Crippen LogP contribution in [0.1, 0.15) is 18.7 Å². The van der Waals surface area contributed by atoms with E-state index < -0.39 is 6.10 Å². The normalized spacial score (nSPS) is 12.9. The summed E-state index contributed by atoms with van der Waals surface area (Å²) in [6.07, 6.45) is 1.38. The van der Waals surface area contributed by atoms with Gasteiger partial charge in [-0.2, -0.15) is 0 Å². The maximum absolute atomic E-state index is 9.44. The lowest BCUT2D eigenvalue weighted by Crippen LogP contribution is -2.10. The van der Waals surface area contributed by atoms with E-state index >= 15 is 0 Å². The van der Waals surface area contributed by atoms with Crippen molar-refractivity contribution in [2.24, 2.45) is 0 Å². The van der Waals surface area contributed by atoms with Gasteiger partial charge in [-0.15, -0.1) is 0 Å². The quantitative estimate of drug-likeness (QED) is 0.757. The van der Waals surface area contributed by atoms with Crippen LogP contribution in [0.3, 0.4) is 0 Å². The van der Waals surface area contributed by atoms with Gasteiger partial charge >= 0.3 is 0 Å². The molecule has 0 spiro atoms. The van der Waals surface area contributed by atoms with Crippen molar-refractivity contribution in [1.29, 1.82) is 0 Å². The number of nitrogens with zero attached hydrogens (tertiary/aromatic N) is 1. The molecular formula is C16H18N2O3. The Morgan fingerprint density at radius 2 is 2.05 bits per heavy atom. The van der Waals surface area contributed by atoms with Crippen molar-refractivity contribution in [1.82, 2.24) is 9.97 Å². The third-order valence-electron chi connectivity index (χ3n) is 3.57. The minimum atomic E-state index is -0.394. The van der Waals surface area contributed by atoms with Gasteiger partial charge in [0.05, 0.1) is 31.1 Å². The number of aromatic amines is 1. The maximum atomic E-state index is 9.44. The number of rotatable bonds is 5. The molecule has 2 N–H and O–H groups in total. The Labute approximate surface area is 122 Å². The van der Waals surface area contributed by atoms with Gasteiger partial charge in [-0.3, -0.25) is 4.98 Å². The predicted octanol–water partition coefficient (Wildman–Crippen LogP) is 2.79. The van der Waals surface area contributed by atoms with E-state index in [2.05, 4.69) is 9.97 Å². The maximum Gasteiger partial charge on any atom is 0.122 e. The van der Waals surface area contributed by atoms with Gasteiger partial charge in [0.1, 0.15) is 11.9 Å². The number of hydrogen-bond acceptors (Lipinski definition) is 4. The summed E-state index contributed by atoms with van der Waals surface area (Å²) in [6, 6.07) is 7.86. The molecule has 1 aromatic carbocycles. The Bertz CT molecular complexity index is 767. The number of aliphatic hydroxyl groups is 1. The van der Waals surface area contributed by atoms with Crippen LogP contribution >= 0.6 is 0 Å². The second-order valence-electron chi connectivity index (χ2n) is 4.82. The number of hydrogen-bond donors (Lipinski definition) is 2. The lowest BCUT2D eigenvalue weighted by Gasteiger charge is -2.13. The molecule has 0 saturated carbocycles. The molecule has 0 aliphatic heterocycles. The molecule has 0 aliphatic carbocycles. The summed E-state index contributed by atoms with van der Waals surface area (Å²) < 4.78 is 10.8. The third kappa shape index (κ3) is 2.46. The van der Waals surface area contributed by atoms with Crippen molar-refractivity contribution in [3.05, 3.63) is 36.2 Å². The lowest BCUT2D eigenvalue weighted by atomic mass is 10.1. The van der Waals surface area contributed by atoms with Gasteiger partial charge in [0.2, 0.25) is 0 Å². The second-order valence-corrected chi connectivity index (χ2v) is 4.82. The van der Waals surface area contributed by atoms with Crippen molar-refractivity contribution in [2.45, 2.75) is 13.0 Å². The zero-order valence-electron chi connectivity index (χ0n) is 12.1. The van der Waals surface area contributed by atoms with Gasteiger partial charge in [-0.05, 0) is 31.2 Å².